The molecule has 190 valence electrons. The second kappa shape index (κ2) is 12.1. The minimum absolute atomic E-state index is 0.0352. The Bertz CT molecular complexity index is 1310. The van der Waals surface area contributed by atoms with Crippen molar-refractivity contribution >= 4 is 24.7 Å². The second-order valence-corrected chi connectivity index (χ2v) is 10.3. The maximum Gasteiger partial charge on any atom is 0.331 e. The van der Waals surface area contributed by atoms with Crippen LogP contribution in [0, 0.1) is 0 Å². The Hall–Kier alpha value is -3.34. The van der Waals surface area contributed by atoms with Crippen LogP contribution in [0.15, 0.2) is 71.8 Å². The summed E-state index contributed by atoms with van der Waals surface area (Å²) in [6, 6.07) is 18.8. The molecule has 0 amide bonds. The number of aromatic nitrogens is 4. The van der Waals surface area contributed by atoms with Crippen LogP contribution in [0.25, 0.3) is 11.2 Å². The molecule has 11 nitrogen and oxygen atoms in total. The molecule has 36 heavy (non-hydrogen) atoms. The summed E-state index contributed by atoms with van der Waals surface area (Å²) in [6.45, 7) is -0.113. The standard InChI is InChI=1S/C24H28N5O6P/c25-24-27-22-21(23(31)28-24)26-16-29(22)17-33-20(13-30)11-12-36(32,34-14-18-7-3-1-4-8-18)35-15-19-9-5-2-6-10-19/h1-10,16,20,30H,11-15,17H2,(H3,25,27,28,31)/t20-/m1/s1. The number of benzene rings is 2. The molecule has 2 heterocycles. The van der Waals surface area contributed by atoms with E-state index in [0.29, 0.717) is 0 Å². The second-order valence-electron chi connectivity index (χ2n) is 8.08. The summed E-state index contributed by atoms with van der Waals surface area (Å²) in [6.07, 6.45) is 0.973. The van der Waals surface area contributed by atoms with Crippen LogP contribution in [0.5, 0.6) is 0 Å². The lowest BCUT2D eigenvalue weighted by molar-refractivity contribution is -0.0242. The van der Waals surface area contributed by atoms with Crippen molar-refractivity contribution < 1.29 is 23.5 Å². The summed E-state index contributed by atoms with van der Waals surface area (Å²) in [4.78, 5) is 22.5. The van der Waals surface area contributed by atoms with Crippen LogP contribution in [0.4, 0.5) is 5.95 Å². The van der Waals surface area contributed by atoms with E-state index in [2.05, 4.69) is 15.0 Å². The normalized spacial score (nSPS) is 12.7. The number of aromatic amines is 1. The molecular weight excluding hydrogens is 485 g/mol. The van der Waals surface area contributed by atoms with Crippen molar-refractivity contribution in [1.29, 1.82) is 0 Å². The maximum atomic E-state index is 13.6. The molecule has 0 bridgehead atoms. The Morgan fingerprint density at radius 1 is 1.03 bits per heavy atom. The van der Waals surface area contributed by atoms with E-state index in [1.54, 1.807) is 0 Å². The van der Waals surface area contributed by atoms with Gasteiger partial charge in [-0.15, -0.1) is 0 Å². The molecule has 0 fully saturated rings. The smallest absolute Gasteiger partial charge is 0.331 e. The van der Waals surface area contributed by atoms with E-state index in [4.69, 9.17) is 19.5 Å². The molecule has 0 spiro atoms. The van der Waals surface area contributed by atoms with Gasteiger partial charge >= 0.3 is 7.60 Å². The molecule has 1 atom stereocenters. The van der Waals surface area contributed by atoms with Crippen LogP contribution in [0.1, 0.15) is 17.5 Å². The highest BCUT2D eigenvalue weighted by atomic mass is 31.2. The molecule has 0 unspecified atom stereocenters. The Labute approximate surface area is 207 Å². The van der Waals surface area contributed by atoms with Crippen LogP contribution in [-0.2, 0) is 38.3 Å². The fraction of sp³-hybridized carbons (Fsp3) is 0.292. The monoisotopic (exact) mass is 513 g/mol. The number of fused-ring (bicyclic) bond motifs is 1. The van der Waals surface area contributed by atoms with Crippen LogP contribution in [-0.4, -0.2) is 43.5 Å². The minimum atomic E-state index is -3.54. The van der Waals surface area contributed by atoms with E-state index in [-0.39, 0.29) is 56.2 Å². The highest BCUT2D eigenvalue weighted by Gasteiger charge is 2.27. The predicted octanol–water partition coefficient (Wildman–Crippen LogP) is 3.05. The van der Waals surface area contributed by atoms with Gasteiger partial charge in [-0.2, -0.15) is 4.98 Å². The van der Waals surface area contributed by atoms with Gasteiger partial charge in [-0.3, -0.25) is 18.9 Å². The fourth-order valence-electron chi connectivity index (χ4n) is 3.44. The molecular formula is C24H28N5O6P. The van der Waals surface area contributed by atoms with Gasteiger partial charge < -0.3 is 24.6 Å². The van der Waals surface area contributed by atoms with Crippen molar-refractivity contribution in [2.24, 2.45) is 0 Å². The Kier molecular flexibility index (Phi) is 8.63. The summed E-state index contributed by atoms with van der Waals surface area (Å²) in [5.41, 5.74) is 7.29. The number of anilines is 1. The highest BCUT2D eigenvalue weighted by Crippen LogP contribution is 2.50. The number of nitrogens with zero attached hydrogens (tertiary/aromatic N) is 3. The number of rotatable bonds is 13. The quantitative estimate of drug-likeness (QED) is 0.229. The molecule has 4 rings (SSSR count). The Balaban J connectivity index is 1.40. The van der Waals surface area contributed by atoms with Gasteiger partial charge in [-0.05, 0) is 17.5 Å². The molecule has 0 saturated heterocycles. The highest BCUT2D eigenvalue weighted by molar-refractivity contribution is 7.53. The number of aliphatic hydroxyl groups is 1. The SMILES string of the molecule is Nc1nc2c(ncn2CO[C@@H](CO)CCP(=O)(OCc2ccccc2)OCc2ccccc2)c(=O)[nH]1. The van der Waals surface area contributed by atoms with Crippen LogP contribution in [0.2, 0.25) is 0 Å². The predicted molar refractivity (Wildman–Crippen MR) is 134 cm³/mol. The van der Waals surface area contributed by atoms with Crippen molar-refractivity contribution in [2.45, 2.75) is 32.5 Å². The number of ether oxygens (including phenoxy) is 1. The molecule has 4 aromatic rings. The third kappa shape index (κ3) is 6.87. The number of imidazole rings is 1. The van der Waals surface area contributed by atoms with Gasteiger partial charge in [0.1, 0.15) is 6.73 Å². The fourth-order valence-corrected chi connectivity index (χ4v) is 5.07. The van der Waals surface area contributed by atoms with E-state index in [0.717, 1.165) is 11.1 Å². The maximum absolute atomic E-state index is 13.6. The lowest BCUT2D eigenvalue weighted by atomic mass is 10.2. The first-order valence-corrected chi connectivity index (χ1v) is 13.1. The largest absolute Gasteiger partial charge is 0.394 e. The minimum Gasteiger partial charge on any atom is -0.394 e. The molecule has 4 N–H and O–H groups in total. The first-order chi connectivity index (χ1) is 17.5. The lowest BCUT2D eigenvalue weighted by Crippen LogP contribution is -2.21. The topological polar surface area (TPSA) is 155 Å². The van der Waals surface area contributed by atoms with E-state index >= 15 is 0 Å². The molecule has 0 radical (unpaired) electrons. The molecule has 0 aliphatic heterocycles. The van der Waals surface area contributed by atoms with Gasteiger partial charge in [0.25, 0.3) is 5.56 Å². The molecule has 0 saturated carbocycles. The molecule has 12 heteroatoms. The summed E-state index contributed by atoms with van der Waals surface area (Å²) >= 11 is 0. The number of nitrogen functional groups attached to an aromatic ring is 1. The van der Waals surface area contributed by atoms with Gasteiger partial charge in [0.2, 0.25) is 5.95 Å². The third-order valence-electron chi connectivity index (χ3n) is 5.41. The van der Waals surface area contributed by atoms with Gasteiger partial charge in [0.15, 0.2) is 11.2 Å². The van der Waals surface area contributed by atoms with E-state index in [9.17, 15) is 14.5 Å². The van der Waals surface area contributed by atoms with Crippen molar-refractivity contribution in [2.75, 3.05) is 18.5 Å². The van der Waals surface area contributed by atoms with Crippen LogP contribution in [0.3, 0.4) is 0 Å². The first-order valence-electron chi connectivity index (χ1n) is 11.3. The zero-order chi connectivity index (χ0) is 25.4. The first kappa shape index (κ1) is 25.7. The van der Waals surface area contributed by atoms with Crippen molar-refractivity contribution in [3.63, 3.8) is 0 Å². The average Bonchev–Trinajstić information content (AvgIpc) is 3.31. The number of hydrogen-bond acceptors (Lipinski definition) is 9. The molecule has 2 aromatic heterocycles. The van der Waals surface area contributed by atoms with E-state index < -0.39 is 19.3 Å². The Morgan fingerprint density at radius 2 is 1.64 bits per heavy atom. The number of aliphatic hydroxyl groups excluding tert-OH is 1. The number of nitrogens with one attached hydrogen (secondary N) is 1. The number of hydrogen-bond donors (Lipinski definition) is 3. The van der Waals surface area contributed by atoms with E-state index in [1.807, 2.05) is 60.7 Å². The summed E-state index contributed by atoms with van der Waals surface area (Å²) < 4.78 is 32.5. The molecule has 0 aliphatic rings. The molecule has 0 aliphatic carbocycles. The summed E-state index contributed by atoms with van der Waals surface area (Å²) in [5.74, 6) is -0.0416. The van der Waals surface area contributed by atoms with Crippen molar-refractivity contribution in [3.05, 3.63) is 88.5 Å². The zero-order valence-corrected chi connectivity index (χ0v) is 20.4. The van der Waals surface area contributed by atoms with E-state index in [1.165, 1.54) is 10.9 Å². The van der Waals surface area contributed by atoms with Gasteiger partial charge in [-0.25, -0.2) is 4.98 Å². The van der Waals surface area contributed by atoms with Gasteiger partial charge in [0, 0.05) is 0 Å². The average molecular weight is 513 g/mol. The van der Waals surface area contributed by atoms with Crippen molar-refractivity contribution in [1.82, 2.24) is 19.5 Å². The molecule has 2 aromatic carbocycles. The zero-order valence-electron chi connectivity index (χ0n) is 19.5. The summed E-state index contributed by atoms with van der Waals surface area (Å²) in [5, 5.41) is 9.86. The van der Waals surface area contributed by atoms with Crippen LogP contribution < -0.4 is 11.3 Å². The van der Waals surface area contributed by atoms with Gasteiger partial charge in [-0.1, -0.05) is 60.7 Å². The van der Waals surface area contributed by atoms with Crippen molar-refractivity contribution in [3.8, 4) is 0 Å². The number of nitrogens with two attached hydrogens (primary N) is 1. The summed E-state index contributed by atoms with van der Waals surface area (Å²) in [7, 11) is -3.54. The lowest BCUT2D eigenvalue weighted by Gasteiger charge is -2.22. The van der Waals surface area contributed by atoms with Gasteiger partial charge in [0.05, 0.1) is 38.4 Å². The third-order valence-corrected chi connectivity index (χ3v) is 7.26. The Morgan fingerprint density at radius 3 is 2.22 bits per heavy atom. The number of H-pyrrole nitrogens is 1. The van der Waals surface area contributed by atoms with Crippen LogP contribution >= 0.6 is 7.60 Å².